The van der Waals surface area contributed by atoms with Crippen molar-refractivity contribution in [2.24, 2.45) is 23.7 Å². The predicted octanol–water partition coefficient (Wildman–Crippen LogP) is 1.70. The van der Waals surface area contributed by atoms with Crippen molar-refractivity contribution in [1.29, 1.82) is 0 Å². The molecule has 0 radical (unpaired) electrons. The zero-order chi connectivity index (χ0) is 13.1. The number of carbonyl (C=O) groups excluding carboxylic acids is 2. The number of aromatic nitrogens is 1. The van der Waals surface area contributed by atoms with Crippen LogP contribution in [-0.2, 0) is 9.59 Å². The van der Waals surface area contributed by atoms with Crippen LogP contribution < -0.4 is 4.90 Å². The number of allylic oxidation sites excluding steroid dienone is 2. The minimum Gasteiger partial charge on any atom is -0.274 e. The quantitative estimate of drug-likeness (QED) is 0.566. The van der Waals surface area contributed by atoms with E-state index in [9.17, 15) is 9.59 Å². The molecule has 1 aromatic heterocycles. The van der Waals surface area contributed by atoms with Gasteiger partial charge in [0.05, 0.1) is 11.8 Å². The molecule has 4 heteroatoms. The molecule has 1 aromatic rings. The highest BCUT2D eigenvalue weighted by Gasteiger charge is 2.59. The summed E-state index contributed by atoms with van der Waals surface area (Å²) in [7, 11) is 0. The molecule has 1 saturated heterocycles. The Morgan fingerprint density at radius 2 is 1.79 bits per heavy atom. The molecule has 4 rings (SSSR count). The number of hydrogen-bond donors (Lipinski definition) is 0. The minimum absolute atomic E-state index is 0.0614. The van der Waals surface area contributed by atoms with Gasteiger partial charge in [-0.15, -0.1) is 0 Å². The molecule has 4 atom stereocenters. The standard InChI is InChI=1S/C15H14N2O2/c1-8-3-2-6-16-13(8)17-14(18)11-9-4-5-10(7-9)12(11)15(17)19/h2-6,9-12H,7H2,1H3/t9-,10-,11-,12+/m0/s1. The Labute approximate surface area is 111 Å². The fourth-order valence-electron chi connectivity index (χ4n) is 3.82. The molecule has 0 unspecified atom stereocenters. The lowest BCUT2D eigenvalue weighted by Gasteiger charge is -2.17. The molecule has 2 bridgehead atoms. The van der Waals surface area contributed by atoms with Crippen LogP contribution in [0.4, 0.5) is 5.82 Å². The summed E-state index contributed by atoms with van der Waals surface area (Å²) in [5.74, 6) is 0.586. The van der Waals surface area contributed by atoms with Crippen LogP contribution >= 0.6 is 0 Å². The van der Waals surface area contributed by atoms with E-state index in [2.05, 4.69) is 17.1 Å². The van der Waals surface area contributed by atoms with Crippen molar-refractivity contribution in [1.82, 2.24) is 4.98 Å². The Morgan fingerprint density at radius 3 is 2.37 bits per heavy atom. The summed E-state index contributed by atoms with van der Waals surface area (Å²) in [5.41, 5.74) is 0.865. The lowest BCUT2D eigenvalue weighted by atomic mass is 9.85. The molecule has 2 fully saturated rings. The van der Waals surface area contributed by atoms with Crippen molar-refractivity contribution in [3.63, 3.8) is 0 Å². The Kier molecular flexibility index (Phi) is 2.03. The van der Waals surface area contributed by atoms with Gasteiger partial charge in [0.2, 0.25) is 11.8 Å². The van der Waals surface area contributed by atoms with Gasteiger partial charge in [0.15, 0.2) is 0 Å². The maximum Gasteiger partial charge on any atom is 0.239 e. The van der Waals surface area contributed by atoms with Gasteiger partial charge < -0.3 is 0 Å². The van der Waals surface area contributed by atoms with E-state index in [-0.39, 0.29) is 35.5 Å². The van der Waals surface area contributed by atoms with Gasteiger partial charge in [0.25, 0.3) is 0 Å². The summed E-state index contributed by atoms with van der Waals surface area (Å²) >= 11 is 0. The monoisotopic (exact) mass is 254 g/mol. The SMILES string of the molecule is Cc1cccnc1N1C(=O)[C@@H]2[C@H](C1=O)[C@H]1C=C[C@H]2C1. The number of pyridine rings is 1. The van der Waals surface area contributed by atoms with Gasteiger partial charge in [-0.1, -0.05) is 18.2 Å². The second-order valence-electron chi connectivity index (χ2n) is 5.66. The summed E-state index contributed by atoms with van der Waals surface area (Å²) in [6, 6.07) is 3.69. The molecule has 19 heavy (non-hydrogen) atoms. The molecule has 1 saturated carbocycles. The van der Waals surface area contributed by atoms with Crippen LogP contribution in [0.3, 0.4) is 0 Å². The Balaban J connectivity index is 1.79. The molecular weight excluding hydrogens is 240 g/mol. The number of amides is 2. The van der Waals surface area contributed by atoms with Crippen LogP contribution in [-0.4, -0.2) is 16.8 Å². The first-order valence-corrected chi connectivity index (χ1v) is 6.66. The van der Waals surface area contributed by atoms with Crippen LogP contribution in [0.5, 0.6) is 0 Å². The average molecular weight is 254 g/mol. The Morgan fingerprint density at radius 1 is 1.16 bits per heavy atom. The summed E-state index contributed by atoms with van der Waals surface area (Å²) in [4.78, 5) is 30.7. The number of rotatable bonds is 1. The van der Waals surface area contributed by atoms with Crippen LogP contribution in [0, 0.1) is 30.6 Å². The second kappa shape index (κ2) is 3.53. The number of hydrogen-bond acceptors (Lipinski definition) is 3. The van der Waals surface area contributed by atoms with E-state index >= 15 is 0 Å². The van der Waals surface area contributed by atoms with Gasteiger partial charge in [-0.25, -0.2) is 9.88 Å². The molecule has 2 aliphatic carbocycles. The van der Waals surface area contributed by atoms with Crippen molar-refractivity contribution >= 4 is 17.6 Å². The van der Waals surface area contributed by atoms with Crippen LogP contribution in [0.15, 0.2) is 30.5 Å². The zero-order valence-electron chi connectivity index (χ0n) is 10.6. The van der Waals surface area contributed by atoms with Crippen LogP contribution in [0.1, 0.15) is 12.0 Å². The van der Waals surface area contributed by atoms with Crippen molar-refractivity contribution in [3.8, 4) is 0 Å². The van der Waals surface area contributed by atoms with Crippen molar-refractivity contribution < 1.29 is 9.59 Å². The summed E-state index contributed by atoms with van der Waals surface area (Å²) < 4.78 is 0. The van der Waals surface area contributed by atoms with Gasteiger partial charge in [-0.05, 0) is 36.8 Å². The molecule has 0 spiro atoms. The van der Waals surface area contributed by atoms with Crippen molar-refractivity contribution in [3.05, 3.63) is 36.0 Å². The van der Waals surface area contributed by atoms with E-state index in [0.29, 0.717) is 5.82 Å². The van der Waals surface area contributed by atoms with Gasteiger partial charge in [0, 0.05) is 6.20 Å². The number of aryl methyl sites for hydroxylation is 1. The highest BCUT2D eigenvalue weighted by atomic mass is 16.2. The highest BCUT2D eigenvalue weighted by molar-refractivity contribution is 6.22. The first-order valence-electron chi connectivity index (χ1n) is 6.66. The molecule has 1 aliphatic heterocycles. The largest absolute Gasteiger partial charge is 0.274 e. The number of imide groups is 1. The first kappa shape index (κ1) is 10.9. The summed E-state index contributed by atoms with van der Waals surface area (Å²) in [6.07, 6.45) is 6.79. The van der Waals surface area contributed by atoms with E-state index in [4.69, 9.17) is 0 Å². The molecule has 3 aliphatic rings. The molecule has 96 valence electrons. The lowest BCUT2D eigenvalue weighted by Crippen LogP contribution is -2.34. The summed E-state index contributed by atoms with van der Waals surface area (Å²) in [5, 5.41) is 0. The fourth-order valence-corrected chi connectivity index (χ4v) is 3.82. The Hall–Kier alpha value is -1.97. The molecular formula is C15H14N2O2. The maximum absolute atomic E-state index is 12.6. The van der Waals surface area contributed by atoms with E-state index in [1.807, 2.05) is 19.1 Å². The third-order valence-corrected chi connectivity index (χ3v) is 4.66. The topological polar surface area (TPSA) is 50.3 Å². The normalized spacial score (nSPS) is 35.3. The van der Waals surface area contributed by atoms with Gasteiger partial charge in [-0.3, -0.25) is 9.59 Å². The van der Waals surface area contributed by atoms with Crippen molar-refractivity contribution in [2.45, 2.75) is 13.3 Å². The molecule has 2 amide bonds. The Bertz CT molecular complexity index is 592. The number of carbonyl (C=O) groups is 2. The van der Waals surface area contributed by atoms with Crippen LogP contribution in [0.25, 0.3) is 0 Å². The number of nitrogens with zero attached hydrogens (tertiary/aromatic N) is 2. The van der Waals surface area contributed by atoms with E-state index < -0.39 is 0 Å². The van der Waals surface area contributed by atoms with Gasteiger partial charge in [-0.2, -0.15) is 0 Å². The molecule has 0 aromatic carbocycles. The predicted molar refractivity (Wildman–Crippen MR) is 69.2 cm³/mol. The average Bonchev–Trinajstić information content (AvgIpc) is 3.06. The lowest BCUT2D eigenvalue weighted by molar-refractivity contribution is -0.123. The first-order chi connectivity index (χ1) is 9.18. The fraction of sp³-hybridized carbons (Fsp3) is 0.400. The van der Waals surface area contributed by atoms with Gasteiger partial charge in [0.1, 0.15) is 5.82 Å². The molecule has 4 nitrogen and oxygen atoms in total. The minimum atomic E-state index is -0.149. The van der Waals surface area contributed by atoms with Gasteiger partial charge >= 0.3 is 0 Å². The van der Waals surface area contributed by atoms with Crippen LogP contribution in [0.2, 0.25) is 0 Å². The number of fused-ring (bicyclic) bond motifs is 5. The van der Waals surface area contributed by atoms with Crippen molar-refractivity contribution in [2.75, 3.05) is 4.90 Å². The second-order valence-corrected chi connectivity index (χ2v) is 5.66. The third-order valence-electron chi connectivity index (χ3n) is 4.66. The van der Waals surface area contributed by atoms with E-state index in [1.54, 1.807) is 6.20 Å². The summed E-state index contributed by atoms with van der Waals surface area (Å²) in [6.45, 7) is 1.88. The maximum atomic E-state index is 12.6. The zero-order valence-corrected chi connectivity index (χ0v) is 10.6. The highest BCUT2D eigenvalue weighted by Crippen LogP contribution is 2.53. The van der Waals surface area contributed by atoms with E-state index in [0.717, 1.165) is 12.0 Å². The third kappa shape index (κ3) is 1.26. The molecule has 2 heterocycles. The smallest absolute Gasteiger partial charge is 0.239 e. The molecule has 0 N–H and O–H groups in total. The number of anilines is 1. The van der Waals surface area contributed by atoms with E-state index in [1.165, 1.54) is 4.90 Å².